The van der Waals surface area contributed by atoms with E-state index in [4.69, 9.17) is 5.73 Å². The van der Waals surface area contributed by atoms with E-state index in [1.165, 1.54) is 24.3 Å². The van der Waals surface area contributed by atoms with Gasteiger partial charge in [0.15, 0.2) is 5.82 Å². The van der Waals surface area contributed by atoms with Gasteiger partial charge < -0.3 is 10.3 Å². The van der Waals surface area contributed by atoms with Crippen LogP contribution in [0.2, 0.25) is 0 Å². The highest BCUT2D eigenvalue weighted by atomic mass is 19.3. The molecule has 1 atom stereocenters. The van der Waals surface area contributed by atoms with E-state index in [9.17, 15) is 13.2 Å². The van der Waals surface area contributed by atoms with Gasteiger partial charge in [-0.05, 0) is 17.7 Å². The molecule has 0 spiro atoms. The Hall–Kier alpha value is -1.89. The van der Waals surface area contributed by atoms with Crippen LogP contribution in [0, 0.1) is 5.82 Å². The van der Waals surface area contributed by atoms with Crippen molar-refractivity contribution in [2.24, 2.45) is 5.73 Å². The summed E-state index contributed by atoms with van der Waals surface area (Å²) in [5, 5.41) is 3.35. The molecule has 2 N–H and O–H groups in total. The maximum absolute atomic E-state index is 12.7. The molecule has 0 amide bonds. The van der Waals surface area contributed by atoms with Crippen LogP contribution in [0.15, 0.2) is 28.8 Å². The van der Waals surface area contributed by atoms with Gasteiger partial charge in [0.1, 0.15) is 5.82 Å². The van der Waals surface area contributed by atoms with E-state index >= 15 is 0 Å². The second-order valence-electron chi connectivity index (χ2n) is 3.32. The number of nitrogens with zero attached hydrogens (tertiary/aromatic N) is 2. The molecule has 0 saturated carbocycles. The lowest BCUT2D eigenvalue weighted by Crippen LogP contribution is -2.13. The Morgan fingerprint density at radius 1 is 1.18 bits per heavy atom. The number of alkyl halides is 2. The number of hydrogen-bond acceptors (Lipinski definition) is 4. The summed E-state index contributed by atoms with van der Waals surface area (Å²) < 4.78 is 41.4. The molecular formula is C10H8F3N3O. The minimum absolute atomic E-state index is 0.0630. The van der Waals surface area contributed by atoms with E-state index in [1.54, 1.807) is 0 Å². The summed E-state index contributed by atoms with van der Waals surface area (Å²) >= 11 is 0. The predicted molar refractivity (Wildman–Crippen MR) is 51.7 cm³/mol. The van der Waals surface area contributed by atoms with Crippen LogP contribution in [0.4, 0.5) is 13.2 Å². The van der Waals surface area contributed by atoms with Crippen molar-refractivity contribution in [1.29, 1.82) is 0 Å². The lowest BCUT2D eigenvalue weighted by atomic mass is 10.1. The molecule has 4 nitrogen and oxygen atoms in total. The van der Waals surface area contributed by atoms with Crippen LogP contribution in [0.5, 0.6) is 0 Å². The summed E-state index contributed by atoms with van der Waals surface area (Å²) in [4.78, 5) is 3.46. The van der Waals surface area contributed by atoms with Crippen LogP contribution in [0.3, 0.4) is 0 Å². The summed E-state index contributed by atoms with van der Waals surface area (Å²) in [6.45, 7) is 0. The number of halogens is 3. The van der Waals surface area contributed by atoms with Crippen molar-refractivity contribution in [1.82, 2.24) is 10.1 Å². The molecule has 1 aromatic carbocycles. The summed E-state index contributed by atoms with van der Waals surface area (Å²) in [6.07, 6.45) is -2.84. The van der Waals surface area contributed by atoms with Crippen molar-refractivity contribution in [2.75, 3.05) is 0 Å². The molecule has 1 unspecified atom stereocenters. The molecule has 7 heteroatoms. The zero-order chi connectivity index (χ0) is 12.4. The second-order valence-corrected chi connectivity index (χ2v) is 3.32. The third kappa shape index (κ3) is 2.44. The number of rotatable bonds is 3. The molecule has 17 heavy (non-hydrogen) atoms. The Bertz CT molecular complexity index is 498. The Kier molecular flexibility index (Phi) is 3.10. The first-order valence-corrected chi connectivity index (χ1v) is 4.70. The summed E-state index contributed by atoms with van der Waals surface area (Å²) in [5.74, 6) is -1.26. The number of nitrogens with two attached hydrogens (primary N) is 1. The average molecular weight is 243 g/mol. The van der Waals surface area contributed by atoms with Gasteiger partial charge in [0.25, 0.3) is 5.89 Å². The quantitative estimate of drug-likeness (QED) is 0.897. The third-order valence-electron chi connectivity index (χ3n) is 2.15. The highest BCUT2D eigenvalue weighted by Gasteiger charge is 2.20. The molecular weight excluding hydrogens is 235 g/mol. The third-order valence-corrected chi connectivity index (χ3v) is 2.15. The topological polar surface area (TPSA) is 64.9 Å². The van der Waals surface area contributed by atoms with Gasteiger partial charge in [0.2, 0.25) is 0 Å². The fourth-order valence-corrected chi connectivity index (χ4v) is 1.28. The van der Waals surface area contributed by atoms with Gasteiger partial charge in [-0.3, -0.25) is 0 Å². The molecule has 0 saturated heterocycles. The monoisotopic (exact) mass is 243 g/mol. The lowest BCUT2D eigenvalue weighted by Gasteiger charge is -2.06. The maximum atomic E-state index is 12.7. The highest BCUT2D eigenvalue weighted by Crippen LogP contribution is 2.21. The zero-order valence-corrected chi connectivity index (χ0v) is 8.48. The second kappa shape index (κ2) is 4.54. The fourth-order valence-electron chi connectivity index (χ4n) is 1.28. The van der Waals surface area contributed by atoms with Gasteiger partial charge in [-0.15, -0.1) is 0 Å². The van der Waals surface area contributed by atoms with Gasteiger partial charge >= 0.3 is 6.43 Å². The minimum atomic E-state index is -2.84. The van der Waals surface area contributed by atoms with E-state index in [1.807, 2.05) is 0 Å². The predicted octanol–water partition coefficient (Wildman–Crippen LogP) is 2.19. The molecule has 2 rings (SSSR count). The molecule has 0 aliphatic rings. The van der Waals surface area contributed by atoms with Crippen molar-refractivity contribution in [2.45, 2.75) is 12.5 Å². The van der Waals surface area contributed by atoms with Crippen molar-refractivity contribution in [3.63, 3.8) is 0 Å². The van der Waals surface area contributed by atoms with Crippen LogP contribution in [0.1, 0.15) is 29.7 Å². The summed E-state index contributed by atoms with van der Waals surface area (Å²) in [6, 6.07) is 4.45. The van der Waals surface area contributed by atoms with Crippen molar-refractivity contribution < 1.29 is 17.7 Å². The highest BCUT2D eigenvalue weighted by molar-refractivity contribution is 5.24. The number of hydrogen-bond donors (Lipinski definition) is 1. The number of aromatic nitrogens is 2. The molecule has 0 aliphatic heterocycles. The lowest BCUT2D eigenvalue weighted by molar-refractivity contribution is 0.106. The van der Waals surface area contributed by atoms with Gasteiger partial charge in [0.05, 0.1) is 6.04 Å². The Morgan fingerprint density at radius 3 is 2.35 bits per heavy atom. The van der Waals surface area contributed by atoms with E-state index in [-0.39, 0.29) is 5.82 Å². The van der Waals surface area contributed by atoms with Crippen LogP contribution < -0.4 is 5.73 Å². The first-order valence-electron chi connectivity index (χ1n) is 4.70. The van der Waals surface area contributed by atoms with Crippen molar-refractivity contribution >= 4 is 0 Å². The Balaban J connectivity index is 2.24. The minimum Gasteiger partial charge on any atom is -0.333 e. The smallest absolute Gasteiger partial charge is 0.315 e. The summed E-state index contributed by atoms with van der Waals surface area (Å²) in [7, 11) is 0. The standard InChI is InChI=1S/C10H8F3N3O/c11-6-3-1-5(2-4-6)7(14)9-15-10(8(12)13)17-16-9/h1-4,7-8H,14H2. The Labute approximate surface area is 94.2 Å². The van der Waals surface area contributed by atoms with Crippen molar-refractivity contribution in [3.8, 4) is 0 Å². The van der Waals surface area contributed by atoms with Crippen LogP contribution >= 0.6 is 0 Å². The summed E-state index contributed by atoms with van der Waals surface area (Å²) in [5.41, 5.74) is 6.23. The molecule has 90 valence electrons. The molecule has 2 aromatic rings. The first kappa shape index (κ1) is 11.6. The molecule has 0 bridgehead atoms. The van der Waals surface area contributed by atoms with E-state index < -0.39 is 24.2 Å². The van der Waals surface area contributed by atoms with Crippen molar-refractivity contribution in [3.05, 3.63) is 47.4 Å². The molecule has 1 aromatic heterocycles. The molecule has 0 fully saturated rings. The van der Waals surface area contributed by atoms with E-state index in [0.29, 0.717) is 5.56 Å². The SMILES string of the molecule is NC(c1ccc(F)cc1)c1noc(C(F)F)n1. The average Bonchev–Trinajstić information content (AvgIpc) is 2.78. The number of benzene rings is 1. The largest absolute Gasteiger partial charge is 0.333 e. The van der Waals surface area contributed by atoms with Crippen LogP contribution in [0.25, 0.3) is 0 Å². The maximum Gasteiger partial charge on any atom is 0.315 e. The molecule has 0 radical (unpaired) electrons. The molecule has 1 heterocycles. The van der Waals surface area contributed by atoms with Crippen LogP contribution in [-0.2, 0) is 0 Å². The molecule has 0 aliphatic carbocycles. The van der Waals surface area contributed by atoms with Gasteiger partial charge in [0, 0.05) is 0 Å². The van der Waals surface area contributed by atoms with Gasteiger partial charge in [-0.2, -0.15) is 13.8 Å². The van der Waals surface area contributed by atoms with Crippen LogP contribution in [-0.4, -0.2) is 10.1 Å². The zero-order valence-electron chi connectivity index (χ0n) is 8.48. The Morgan fingerprint density at radius 2 is 1.82 bits per heavy atom. The van der Waals surface area contributed by atoms with E-state index in [0.717, 1.165) is 0 Å². The van der Waals surface area contributed by atoms with Gasteiger partial charge in [-0.1, -0.05) is 17.3 Å². The van der Waals surface area contributed by atoms with E-state index in [2.05, 4.69) is 14.7 Å². The first-order chi connectivity index (χ1) is 8.08. The fraction of sp³-hybridized carbons (Fsp3) is 0.200. The normalized spacial score (nSPS) is 13.0. The van der Waals surface area contributed by atoms with Gasteiger partial charge in [-0.25, -0.2) is 4.39 Å².